The lowest BCUT2D eigenvalue weighted by atomic mass is 9.89. The van der Waals surface area contributed by atoms with E-state index in [-0.39, 0.29) is 23.6 Å². The Morgan fingerprint density at radius 1 is 1.35 bits per heavy atom. The van der Waals surface area contributed by atoms with E-state index in [9.17, 15) is 19.8 Å². The summed E-state index contributed by atoms with van der Waals surface area (Å²) in [6.45, 7) is 0.176. The molecule has 31 heavy (non-hydrogen) atoms. The highest BCUT2D eigenvalue weighted by Crippen LogP contribution is 2.44. The number of carboxylic acid groups (broad SMARTS) is 1. The molecule has 0 spiro atoms. The van der Waals surface area contributed by atoms with Gasteiger partial charge in [-0.2, -0.15) is 0 Å². The van der Waals surface area contributed by atoms with Gasteiger partial charge in [0.15, 0.2) is 6.04 Å². The van der Waals surface area contributed by atoms with Crippen molar-refractivity contribution in [3.05, 3.63) is 65.3 Å². The van der Waals surface area contributed by atoms with Crippen LogP contribution in [0.5, 0.6) is 5.75 Å². The number of aliphatic imine (C=N–C) groups is 1. The fourth-order valence-corrected chi connectivity index (χ4v) is 6.10. The van der Waals surface area contributed by atoms with Crippen LogP contribution in [0.2, 0.25) is 0 Å². The van der Waals surface area contributed by atoms with Crippen molar-refractivity contribution >= 4 is 47.7 Å². The highest BCUT2D eigenvalue weighted by atomic mass is 32.2. The number of rotatable bonds is 7. The van der Waals surface area contributed by atoms with Crippen LogP contribution >= 0.6 is 23.5 Å². The zero-order valence-electron chi connectivity index (χ0n) is 16.5. The molecule has 4 rings (SSSR count). The van der Waals surface area contributed by atoms with E-state index in [2.05, 4.69) is 9.98 Å². The molecule has 2 unspecified atom stereocenters. The summed E-state index contributed by atoms with van der Waals surface area (Å²) in [7, 11) is 0. The number of fused-ring (bicyclic) bond motifs is 1. The van der Waals surface area contributed by atoms with Crippen molar-refractivity contribution in [1.82, 2.24) is 9.88 Å². The first-order valence-electron chi connectivity index (χ1n) is 9.65. The van der Waals surface area contributed by atoms with Crippen LogP contribution in [0.4, 0.5) is 0 Å². The van der Waals surface area contributed by atoms with Gasteiger partial charge >= 0.3 is 5.97 Å². The van der Waals surface area contributed by atoms with Gasteiger partial charge < -0.3 is 15.1 Å². The van der Waals surface area contributed by atoms with Gasteiger partial charge in [0.1, 0.15) is 16.5 Å². The lowest BCUT2D eigenvalue weighted by Crippen LogP contribution is -2.69. The average Bonchev–Trinajstić information content (AvgIpc) is 2.78. The molecule has 2 fully saturated rings. The van der Waals surface area contributed by atoms with Crippen molar-refractivity contribution in [1.29, 1.82) is 0 Å². The summed E-state index contributed by atoms with van der Waals surface area (Å²) in [4.78, 5) is 34.8. The molecular weight excluding hydrogens is 434 g/mol. The summed E-state index contributed by atoms with van der Waals surface area (Å²) in [5.41, 5.74) is 0.486. The van der Waals surface area contributed by atoms with Crippen molar-refractivity contribution < 1.29 is 19.8 Å². The summed E-state index contributed by atoms with van der Waals surface area (Å²) in [6.07, 6.45) is 6.83. The molecule has 7 nitrogen and oxygen atoms in total. The number of benzene rings is 1. The number of carboxylic acids is 1. The van der Waals surface area contributed by atoms with Gasteiger partial charge in [0, 0.05) is 42.2 Å². The average molecular weight is 456 g/mol. The molecule has 0 aliphatic carbocycles. The van der Waals surface area contributed by atoms with E-state index >= 15 is 0 Å². The normalized spacial score (nSPS) is 25.5. The number of thioether (sulfide) groups is 2. The van der Waals surface area contributed by atoms with Crippen molar-refractivity contribution in [3.8, 4) is 5.75 Å². The van der Waals surface area contributed by atoms with E-state index in [4.69, 9.17) is 0 Å². The van der Waals surface area contributed by atoms with Crippen LogP contribution in [-0.4, -0.2) is 67.7 Å². The first-order chi connectivity index (χ1) is 15.0. The largest absolute Gasteiger partial charge is 0.507 e. The van der Waals surface area contributed by atoms with E-state index in [1.807, 2.05) is 23.6 Å². The predicted molar refractivity (Wildman–Crippen MR) is 123 cm³/mol. The first-order valence-corrected chi connectivity index (χ1v) is 11.7. The van der Waals surface area contributed by atoms with Crippen LogP contribution in [0.15, 0.2) is 59.2 Å². The minimum atomic E-state index is -1.01. The third-order valence-electron chi connectivity index (χ3n) is 5.28. The summed E-state index contributed by atoms with van der Waals surface area (Å²) in [6, 6.07) is 10.0. The van der Waals surface area contributed by atoms with Gasteiger partial charge in [-0.05, 0) is 35.2 Å². The molecule has 2 N–H and O–H groups in total. The van der Waals surface area contributed by atoms with Crippen LogP contribution in [0.1, 0.15) is 11.1 Å². The van der Waals surface area contributed by atoms with Gasteiger partial charge in [0.25, 0.3) is 5.91 Å². The fourth-order valence-electron chi connectivity index (χ4n) is 3.45. The number of phenols is 1. The fraction of sp³-hybridized carbons (Fsp3) is 0.273. The number of hydrogen-bond acceptors (Lipinski definition) is 7. The maximum absolute atomic E-state index is 12.6. The van der Waals surface area contributed by atoms with Crippen LogP contribution in [0.3, 0.4) is 0 Å². The molecule has 9 heteroatoms. The Morgan fingerprint density at radius 2 is 2.19 bits per heavy atom. The third kappa shape index (κ3) is 4.47. The summed E-state index contributed by atoms with van der Waals surface area (Å²) in [5, 5.41) is 21.5. The van der Waals surface area contributed by atoms with Crippen molar-refractivity contribution in [2.45, 2.75) is 11.4 Å². The zero-order valence-corrected chi connectivity index (χ0v) is 18.1. The monoisotopic (exact) mass is 455 g/mol. The highest BCUT2D eigenvalue weighted by molar-refractivity contribution is 8.02. The molecule has 2 saturated heterocycles. The van der Waals surface area contributed by atoms with Gasteiger partial charge in [-0.15, -0.1) is 23.5 Å². The lowest BCUT2D eigenvalue weighted by molar-refractivity contribution is -0.155. The van der Waals surface area contributed by atoms with Crippen LogP contribution < -0.4 is 0 Å². The lowest BCUT2D eigenvalue weighted by Gasteiger charge is -2.52. The zero-order chi connectivity index (χ0) is 21.8. The number of phenolic OH excluding ortho intramolecular Hbond substituents is 1. The number of carbonyl (C=O) groups excluding carboxylic acids is 1. The smallest absolute Gasteiger partial charge is 0.313 e. The Balaban J connectivity index is 1.39. The number of aromatic nitrogens is 1. The van der Waals surface area contributed by atoms with Gasteiger partial charge in [-0.3, -0.25) is 19.6 Å². The van der Waals surface area contributed by atoms with E-state index in [1.165, 1.54) is 29.7 Å². The number of pyridine rings is 1. The number of aromatic hydroxyl groups is 1. The molecule has 1 aromatic heterocycles. The van der Waals surface area contributed by atoms with E-state index in [0.717, 1.165) is 5.56 Å². The minimum absolute atomic E-state index is 0.104. The molecule has 2 aliphatic rings. The van der Waals surface area contributed by atoms with Gasteiger partial charge in [-0.25, -0.2) is 0 Å². The highest BCUT2D eigenvalue weighted by Gasteiger charge is 2.56. The molecule has 3 atom stereocenters. The van der Waals surface area contributed by atoms with Crippen LogP contribution in [-0.2, 0) is 9.59 Å². The Hall–Kier alpha value is -2.78. The molecular formula is C22H21N3O4S2. The Morgan fingerprint density at radius 3 is 2.94 bits per heavy atom. The Kier molecular flexibility index (Phi) is 6.33. The molecule has 0 bridgehead atoms. The second kappa shape index (κ2) is 9.15. The molecule has 1 aromatic carbocycles. The van der Waals surface area contributed by atoms with Gasteiger partial charge in [-0.1, -0.05) is 18.2 Å². The summed E-state index contributed by atoms with van der Waals surface area (Å²) >= 11 is 2.88. The number of carbonyl (C=O) groups is 2. The van der Waals surface area contributed by atoms with E-state index in [0.29, 0.717) is 17.1 Å². The van der Waals surface area contributed by atoms with Crippen LogP contribution in [0.25, 0.3) is 6.08 Å². The quantitative estimate of drug-likeness (QED) is 0.489. The molecule has 3 heterocycles. The number of aliphatic carboxylic acids is 1. The SMILES string of the molecule is O=C1C(N=Cc2ccccc2O)[C@H]2SCC(CSC=Cc3cccnc3)(C(=O)O)CN12. The first kappa shape index (κ1) is 21.5. The number of nitrogens with zero attached hydrogens (tertiary/aromatic N) is 3. The van der Waals surface area contributed by atoms with E-state index < -0.39 is 17.4 Å². The van der Waals surface area contributed by atoms with Crippen molar-refractivity contribution in [2.24, 2.45) is 10.4 Å². The minimum Gasteiger partial charge on any atom is -0.507 e. The Labute approximate surface area is 188 Å². The molecule has 0 saturated carbocycles. The number of amides is 1. The summed E-state index contributed by atoms with van der Waals surface area (Å²) < 4.78 is 0. The van der Waals surface area contributed by atoms with Crippen molar-refractivity contribution in [2.75, 3.05) is 18.1 Å². The second-order valence-electron chi connectivity index (χ2n) is 7.44. The topological polar surface area (TPSA) is 103 Å². The number of β-lactam (4-membered cyclic amide) rings is 1. The standard InChI is InChI=1S/C22H21N3O4S2/c26-17-6-2-1-5-16(17)11-24-18-19(27)25-12-22(21(28)29,14-31-20(18)25)13-30-9-7-15-4-3-8-23-10-15/h1-11,18,20,26H,12-14H2,(H,28,29)/t18?,20-,22?/m1/s1. The van der Waals surface area contributed by atoms with Crippen molar-refractivity contribution in [3.63, 3.8) is 0 Å². The van der Waals surface area contributed by atoms with Gasteiger partial charge in [0.2, 0.25) is 0 Å². The molecule has 2 aliphatic heterocycles. The van der Waals surface area contributed by atoms with E-state index in [1.54, 1.807) is 41.6 Å². The molecule has 160 valence electrons. The molecule has 2 aromatic rings. The maximum Gasteiger partial charge on any atom is 0.313 e. The third-order valence-corrected chi connectivity index (χ3v) is 7.90. The maximum atomic E-state index is 12.6. The molecule has 0 radical (unpaired) electrons. The summed E-state index contributed by atoms with van der Waals surface area (Å²) in [5.74, 6) is -0.186. The van der Waals surface area contributed by atoms with Gasteiger partial charge in [0.05, 0.1) is 0 Å². The number of para-hydroxylation sites is 1. The van der Waals surface area contributed by atoms with Crippen LogP contribution in [0, 0.1) is 5.41 Å². The Bertz CT molecular complexity index is 1030. The second-order valence-corrected chi connectivity index (χ2v) is 9.43. The molecule has 1 amide bonds. The predicted octanol–water partition coefficient (Wildman–Crippen LogP) is 2.96. The number of hydrogen-bond donors (Lipinski definition) is 2.